The van der Waals surface area contributed by atoms with Gasteiger partial charge in [0.2, 0.25) is 11.8 Å². The summed E-state index contributed by atoms with van der Waals surface area (Å²) in [7, 11) is 0. The van der Waals surface area contributed by atoms with Crippen molar-refractivity contribution >= 4 is 23.6 Å². The lowest BCUT2D eigenvalue weighted by molar-refractivity contribution is -0.119. The third kappa shape index (κ3) is 4.46. The van der Waals surface area contributed by atoms with Gasteiger partial charge in [-0.1, -0.05) is 24.6 Å². The molecule has 2 aliphatic carbocycles. The quantitative estimate of drug-likeness (QED) is 0.693. The average molecular weight is 337 g/mol. The zero-order valence-corrected chi connectivity index (χ0v) is 14.0. The first-order valence-corrected chi connectivity index (χ1v) is 9.25. The molecule has 0 atom stereocenters. The van der Waals surface area contributed by atoms with E-state index < -0.39 is 0 Å². The minimum Gasteiger partial charge on any atom is -0.370 e. The van der Waals surface area contributed by atoms with Crippen molar-refractivity contribution in [3.63, 3.8) is 0 Å². The number of primary amides is 1. The third-order valence-corrected chi connectivity index (χ3v) is 5.29. The molecule has 1 heterocycles. The molecular formula is C15H23N5O2S. The Morgan fingerprint density at radius 1 is 1.22 bits per heavy atom. The van der Waals surface area contributed by atoms with Crippen molar-refractivity contribution in [3.05, 3.63) is 5.82 Å². The van der Waals surface area contributed by atoms with Crippen molar-refractivity contribution < 1.29 is 9.59 Å². The summed E-state index contributed by atoms with van der Waals surface area (Å²) in [5.41, 5.74) is 5.25. The normalized spacial score (nSPS) is 18.3. The molecule has 2 aliphatic rings. The minimum absolute atomic E-state index is 0.0410. The van der Waals surface area contributed by atoms with Gasteiger partial charge in [0.1, 0.15) is 5.82 Å². The maximum Gasteiger partial charge on any atom is 0.230 e. The van der Waals surface area contributed by atoms with Crippen LogP contribution in [0.5, 0.6) is 0 Å². The summed E-state index contributed by atoms with van der Waals surface area (Å²) in [6.07, 6.45) is 7.05. The highest BCUT2D eigenvalue weighted by atomic mass is 32.2. The van der Waals surface area contributed by atoms with E-state index in [9.17, 15) is 9.59 Å². The number of amides is 2. The number of hydrogen-bond donors (Lipinski definition) is 2. The number of carbonyl (C=O) groups is 2. The standard InChI is InChI=1S/C15H23N5O2S/c16-12(21)7-8-20-14(10-5-6-10)18-19-15(20)23-9-13(22)17-11-3-1-2-4-11/h10-11H,1-9H2,(H2,16,21)(H,17,22). The molecule has 2 fully saturated rings. The van der Waals surface area contributed by atoms with E-state index in [0.717, 1.165) is 31.5 Å². The van der Waals surface area contributed by atoms with Gasteiger partial charge >= 0.3 is 0 Å². The second kappa shape index (κ2) is 7.33. The smallest absolute Gasteiger partial charge is 0.230 e. The van der Waals surface area contributed by atoms with E-state index in [4.69, 9.17) is 5.73 Å². The van der Waals surface area contributed by atoms with E-state index in [2.05, 4.69) is 15.5 Å². The Morgan fingerprint density at radius 3 is 2.61 bits per heavy atom. The zero-order chi connectivity index (χ0) is 16.2. The summed E-state index contributed by atoms with van der Waals surface area (Å²) in [4.78, 5) is 23.1. The van der Waals surface area contributed by atoms with Crippen molar-refractivity contribution in [1.29, 1.82) is 0 Å². The van der Waals surface area contributed by atoms with Crippen molar-refractivity contribution in [2.45, 2.75) is 68.6 Å². The summed E-state index contributed by atoms with van der Waals surface area (Å²) in [5.74, 6) is 1.40. The number of hydrogen-bond acceptors (Lipinski definition) is 5. The first-order valence-electron chi connectivity index (χ1n) is 8.27. The fourth-order valence-electron chi connectivity index (χ4n) is 2.95. The number of nitrogens with zero attached hydrogens (tertiary/aromatic N) is 3. The second-order valence-corrected chi connectivity index (χ2v) is 7.26. The van der Waals surface area contributed by atoms with Crippen LogP contribution >= 0.6 is 11.8 Å². The Balaban J connectivity index is 1.57. The Kier molecular flexibility index (Phi) is 5.20. The largest absolute Gasteiger partial charge is 0.370 e. The van der Waals surface area contributed by atoms with Gasteiger partial charge in [-0.05, 0) is 25.7 Å². The van der Waals surface area contributed by atoms with Crippen LogP contribution < -0.4 is 11.1 Å². The average Bonchev–Trinajstić information content (AvgIpc) is 3.07. The van der Waals surface area contributed by atoms with E-state index in [1.807, 2.05) is 4.57 Å². The summed E-state index contributed by atoms with van der Waals surface area (Å²) in [6.45, 7) is 0.487. The molecule has 7 nitrogen and oxygen atoms in total. The number of thioether (sulfide) groups is 1. The van der Waals surface area contributed by atoms with E-state index in [1.165, 1.54) is 24.6 Å². The highest BCUT2D eigenvalue weighted by molar-refractivity contribution is 7.99. The van der Waals surface area contributed by atoms with Crippen molar-refractivity contribution in [2.75, 3.05) is 5.75 Å². The molecule has 2 saturated carbocycles. The van der Waals surface area contributed by atoms with E-state index in [1.54, 1.807) is 0 Å². The molecule has 0 radical (unpaired) electrons. The van der Waals surface area contributed by atoms with Crippen molar-refractivity contribution in [3.8, 4) is 0 Å². The van der Waals surface area contributed by atoms with Crippen LogP contribution in [0.4, 0.5) is 0 Å². The van der Waals surface area contributed by atoms with E-state index in [0.29, 0.717) is 29.4 Å². The molecule has 3 N–H and O–H groups in total. The number of nitrogens with one attached hydrogen (secondary N) is 1. The van der Waals surface area contributed by atoms with Gasteiger partial charge in [0, 0.05) is 24.9 Å². The van der Waals surface area contributed by atoms with Gasteiger partial charge in [-0.3, -0.25) is 9.59 Å². The SMILES string of the molecule is NC(=O)CCn1c(SCC(=O)NC2CCCC2)nnc1C1CC1. The monoisotopic (exact) mass is 337 g/mol. The summed E-state index contributed by atoms with van der Waals surface area (Å²) < 4.78 is 1.95. The van der Waals surface area contributed by atoms with Crippen LogP contribution in [0.1, 0.15) is 56.7 Å². The molecule has 2 amide bonds. The molecular weight excluding hydrogens is 314 g/mol. The fourth-order valence-corrected chi connectivity index (χ4v) is 3.73. The first-order chi connectivity index (χ1) is 11.1. The zero-order valence-electron chi connectivity index (χ0n) is 13.2. The molecule has 3 rings (SSSR count). The van der Waals surface area contributed by atoms with Crippen LogP contribution in [0.25, 0.3) is 0 Å². The Hall–Kier alpha value is -1.57. The van der Waals surface area contributed by atoms with Gasteiger partial charge in [-0.15, -0.1) is 10.2 Å². The van der Waals surface area contributed by atoms with E-state index in [-0.39, 0.29) is 18.2 Å². The van der Waals surface area contributed by atoms with Crippen LogP contribution in [0, 0.1) is 0 Å². The highest BCUT2D eigenvalue weighted by Crippen LogP contribution is 2.40. The molecule has 0 aromatic carbocycles. The molecule has 23 heavy (non-hydrogen) atoms. The number of carbonyl (C=O) groups excluding carboxylic acids is 2. The molecule has 0 bridgehead atoms. The van der Waals surface area contributed by atoms with Crippen LogP contribution in [0.15, 0.2) is 5.16 Å². The Labute approximate surface area is 139 Å². The Bertz CT molecular complexity index is 578. The lowest BCUT2D eigenvalue weighted by Crippen LogP contribution is -2.33. The minimum atomic E-state index is -0.338. The molecule has 0 unspecified atom stereocenters. The molecule has 1 aromatic rings. The van der Waals surface area contributed by atoms with Gasteiger partial charge in [-0.2, -0.15) is 0 Å². The summed E-state index contributed by atoms with van der Waals surface area (Å²) in [6, 6.07) is 0.331. The maximum absolute atomic E-state index is 12.0. The van der Waals surface area contributed by atoms with Gasteiger partial charge < -0.3 is 15.6 Å². The second-order valence-electron chi connectivity index (χ2n) is 6.32. The lowest BCUT2D eigenvalue weighted by atomic mass is 10.2. The van der Waals surface area contributed by atoms with Gasteiger partial charge in [-0.25, -0.2) is 0 Å². The predicted molar refractivity (Wildman–Crippen MR) is 86.9 cm³/mol. The highest BCUT2D eigenvalue weighted by Gasteiger charge is 2.30. The number of aromatic nitrogens is 3. The van der Waals surface area contributed by atoms with E-state index >= 15 is 0 Å². The third-order valence-electron chi connectivity index (χ3n) is 4.32. The number of nitrogens with two attached hydrogens (primary N) is 1. The maximum atomic E-state index is 12.0. The molecule has 126 valence electrons. The number of rotatable bonds is 8. The topological polar surface area (TPSA) is 103 Å². The first kappa shape index (κ1) is 16.3. The summed E-state index contributed by atoms with van der Waals surface area (Å²) >= 11 is 1.38. The van der Waals surface area contributed by atoms with Gasteiger partial charge in [0.05, 0.1) is 5.75 Å². The summed E-state index contributed by atoms with van der Waals surface area (Å²) in [5, 5.41) is 12.2. The predicted octanol–water partition coefficient (Wildman–Crippen LogP) is 1.18. The van der Waals surface area contributed by atoms with Crippen LogP contribution in [-0.4, -0.2) is 38.4 Å². The molecule has 0 aliphatic heterocycles. The van der Waals surface area contributed by atoms with Crippen LogP contribution in [0.2, 0.25) is 0 Å². The van der Waals surface area contributed by atoms with Gasteiger partial charge in [0.15, 0.2) is 5.16 Å². The van der Waals surface area contributed by atoms with Crippen LogP contribution in [-0.2, 0) is 16.1 Å². The lowest BCUT2D eigenvalue weighted by Gasteiger charge is -2.12. The van der Waals surface area contributed by atoms with Crippen molar-refractivity contribution in [1.82, 2.24) is 20.1 Å². The Morgan fingerprint density at radius 2 is 1.96 bits per heavy atom. The van der Waals surface area contributed by atoms with Crippen LogP contribution in [0.3, 0.4) is 0 Å². The molecule has 0 spiro atoms. The molecule has 1 aromatic heterocycles. The van der Waals surface area contributed by atoms with Gasteiger partial charge in [0.25, 0.3) is 0 Å². The fraction of sp³-hybridized carbons (Fsp3) is 0.733. The molecule has 8 heteroatoms. The molecule has 0 saturated heterocycles. The van der Waals surface area contributed by atoms with Crippen molar-refractivity contribution in [2.24, 2.45) is 5.73 Å².